The van der Waals surface area contributed by atoms with Crippen LogP contribution in [0.15, 0.2) is 35.3 Å². The molecule has 32 heavy (non-hydrogen) atoms. The number of anilines is 1. The highest BCUT2D eigenvalue weighted by Gasteiger charge is 2.30. The van der Waals surface area contributed by atoms with E-state index in [1.54, 1.807) is 26.0 Å². The predicted molar refractivity (Wildman–Crippen MR) is 107 cm³/mol. The van der Waals surface area contributed by atoms with E-state index in [1.807, 2.05) is 0 Å². The minimum Gasteiger partial charge on any atom is -0.290 e. The van der Waals surface area contributed by atoms with Crippen LogP contribution < -0.4 is 16.4 Å². The highest BCUT2D eigenvalue weighted by atomic mass is 19.4. The van der Waals surface area contributed by atoms with E-state index in [0.29, 0.717) is 33.9 Å². The molecule has 0 bridgehead atoms. The third-order valence-corrected chi connectivity index (χ3v) is 4.77. The molecular formula is C20H18F4N7O+. The van der Waals surface area contributed by atoms with Gasteiger partial charge in [0.2, 0.25) is 5.65 Å². The van der Waals surface area contributed by atoms with E-state index in [2.05, 4.69) is 20.1 Å². The molecule has 0 aliphatic heterocycles. The number of halogens is 4. The first-order valence-electron chi connectivity index (χ1n) is 9.52. The fourth-order valence-electron chi connectivity index (χ4n) is 3.49. The van der Waals surface area contributed by atoms with Gasteiger partial charge in [0.05, 0.1) is 24.7 Å². The van der Waals surface area contributed by atoms with Gasteiger partial charge in [0.15, 0.2) is 0 Å². The standard InChI is InChI=1S/C20H17F4N7O/c1-10-7-12(8-11(2)27-10)15-16(14-4-3-13(21)9-26-14)28-18(25)31-17(15)29-30(19(31)32)6-5-20(22,23)24/h3-4,7-9H,5-6H2,1-2H3,(H2,25,28)/p+1. The summed E-state index contributed by atoms with van der Waals surface area (Å²) in [5.74, 6) is -0.705. The molecule has 4 rings (SSSR count). The van der Waals surface area contributed by atoms with Gasteiger partial charge in [0.25, 0.3) is 0 Å². The largest absolute Gasteiger partial charge is 0.411 e. The molecule has 166 valence electrons. The van der Waals surface area contributed by atoms with E-state index in [0.717, 1.165) is 15.3 Å². The van der Waals surface area contributed by atoms with E-state index in [9.17, 15) is 22.4 Å². The summed E-state index contributed by atoms with van der Waals surface area (Å²) in [6.07, 6.45) is -4.67. The Kier molecular flexibility index (Phi) is 5.15. The van der Waals surface area contributed by atoms with E-state index < -0.39 is 30.6 Å². The van der Waals surface area contributed by atoms with Crippen LogP contribution in [0.5, 0.6) is 0 Å². The summed E-state index contributed by atoms with van der Waals surface area (Å²) in [4.78, 5) is 24.1. The van der Waals surface area contributed by atoms with Crippen molar-refractivity contribution in [3.05, 3.63) is 58.2 Å². The molecule has 0 unspecified atom stereocenters. The van der Waals surface area contributed by atoms with E-state index >= 15 is 0 Å². The zero-order valence-electron chi connectivity index (χ0n) is 17.0. The maximum atomic E-state index is 13.4. The molecule has 0 saturated carbocycles. The SMILES string of the molecule is Cc1cc(-c2c(-c3ccc(F)cn3)[nH+]c(N)n3c(=O)n(CCC(F)(F)F)nc23)cc(C)n1. The number of pyridine rings is 2. The van der Waals surface area contributed by atoms with Crippen molar-refractivity contribution >= 4 is 11.6 Å². The van der Waals surface area contributed by atoms with Crippen molar-refractivity contribution in [1.29, 1.82) is 0 Å². The molecule has 12 heteroatoms. The average Bonchev–Trinajstić information content (AvgIpc) is 3.02. The summed E-state index contributed by atoms with van der Waals surface area (Å²) in [5, 5.41) is 4.16. The predicted octanol–water partition coefficient (Wildman–Crippen LogP) is 2.72. The number of nitrogens with one attached hydrogen (secondary N) is 1. The first-order valence-corrected chi connectivity index (χ1v) is 9.52. The molecule has 0 aromatic carbocycles. The Hall–Kier alpha value is -3.83. The van der Waals surface area contributed by atoms with Crippen molar-refractivity contribution < 1.29 is 22.5 Å². The van der Waals surface area contributed by atoms with Gasteiger partial charge in [0, 0.05) is 11.4 Å². The lowest BCUT2D eigenvalue weighted by Crippen LogP contribution is -2.28. The molecule has 3 N–H and O–H groups in total. The van der Waals surface area contributed by atoms with E-state index in [-0.39, 0.29) is 11.6 Å². The lowest BCUT2D eigenvalue weighted by molar-refractivity contribution is -0.351. The number of hydrogen-bond acceptors (Lipinski definition) is 5. The normalized spacial score (nSPS) is 11.9. The summed E-state index contributed by atoms with van der Waals surface area (Å²) in [6, 6.07) is 6.09. The Bertz CT molecular complexity index is 1350. The van der Waals surface area contributed by atoms with Gasteiger partial charge < -0.3 is 0 Å². The maximum absolute atomic E-state index is 13.4. The fourth-order valence-corrected chi connectivity index (χ4v) is 3.49. The Balaban J connectivity index is 2.05. The summed E-state index contributed by atoms with van der Waals surface area (Å²) < 4.78 is 53.4. The summed E-state index contributed by atoms with van der Waals surface area (Å²) in [7, 11) is 0. The number of nitrogens with two attached hydrogens (primary N) is 1. The smallest absolute Gasteiger partial charge is 0.290 e. The van der Waals surface area contributed by atoms with Crippen LogP contribution in [0.2, 0.25) is 0 Å². The molecule has 0 atom stereocenters. The van der Waals surface area contributed by atoms with Gasteiger partial charge in [-0.15, -0.1) is 9.50 Å². The van der Waals surface area contributed by atoms with Crippen molar-refractivity contribution in [2.24, 2.45) is 0 Å². The van der Waals surface area contributed by atoms with Crippen LogP contribution in [0.4, 0.5) is 23.5 Å². The topological polar surface area (TPSA) is 105 Å². The Morgan fingerprint density at radius 3 is 2.44 bits per heavy atom. The molecule has 4 aromatic heterocycles. The number of alkyl halides is 3. The van der Waals surface area contributed by atoms with Gasteiger partial charge in [-0.1, -0.05) is 0 Å². The number of aromatic amines is 1. The average molecular weight is 448 g/mol. The van der Waals surface area contributed by atoms with Crippen LogP contribution in [0.3, 0.4) is 0 Å². The highest BCUT2D eigenvalue weighted by molar-refractivity contribution is 5.88. The minimum atomic E-state index is -4.46. The molecule has 0 fully saturated rings. The van der Waals surface area contributed by atoms with Crippen LogP contribution in [0.1, 0.15) is 17.8 Å². The van der Waals surface area contributed by atoms with Crippen LogP contribution in [-0.2, 0) is 6.54 Å². The lowest BCUT2D eigenvalue weighted by atomic mass is 10.0. The fraction of sp³-hybridized carbons (Fsp3) is 0.250. The van der Waals surface area contributed by atoms with Gasteiger partial charge in [-0.3, -0.25) is 15.7 Å². The zero-order valence-corrected chi connectivity index (χ0v) is 17.0. The number of aryl methyl sites for hydroxylation is 3. The van der Waals surface area contributed by atoms with Crippen LogP contribution in [0, 0.1) is 19.7 Å². The van der Waals surface area contributed by atoms with E-state index in [4.69, 9.17) is 5.73 Å². The number of rotatable bonds is 4. The first-order chi connectivity index (χ1) is 15.0. The van der Waals surface area contributed by atoms with Crippen molar-refractivity contribution in [3.63, 3.8) is 0 Å². The number of hydrogen-bond donors (Lipinski definition) is 1. The molecule has 0 saturated heterocycles. The minimum absolute atomic E-state index is 0.0412. The van der Waals surface area contributed by atoms with Gasteiger partial charge in [-0.2, -0.15) is 17.9 Å². The number of H-pyrrole nitrogens is 1. The molecule has 8 nitrogen and oxygen atoms in total. The Morgan fingerprint density at radius 2 is 1.84 bits per heavy atom. The molecule has 0 spiro atoms. The zero-order chi connectivity index (χ0) is 23.2. The molecular weight excluding hydrogens is 430 g/mol. The molecule has 0 radical (unpaired) electrons. The Morgan fingerprint density at radius 1 is 1.16 bits per heavy atom. The summed E-state index contributed by atoms with van der Waals surface area (Å²) in [5.41, 5.74) is 8.20. The van der Waals surface area contributed by atoms with Crippen LogP contribution in [0.25, 0.3) is 28.2 Å². The molecule has 0 amide bonds. The van der Waals surface area contributed by atoms with Crippen molar-refractivity contribution in [3.8, 4) is 22.5 Å². The van der Waals surface area contributed by atoms with Gasteiger partial charge >= 0.3 is 17.8 Å². The number of fused-ring (bicyclic) bond motifs is 1. The highest BCUT2D eigenvalue weighted by Crippen LogP contribution is 2.32. The van der Waals surface area contributed by atoms with Crippen molar-refractivity contribution in [1.82, 2.24) is 24.1 Å². The van der Waals surface area contributed by atoms with Crippen molar-refractivity contribution in [2.75, 3.05) is 5.73 Å². The second-order valence-corrected chi connectivity index (χ2v) is 7.29. The van der Waals surface area contributed by atoms with Gasteiger partial charge in [-0.25, -0.2) is 14.2 Å². The summed E-state index contributed by atoms with van der Waals surface area (Å²) >= 11 is 0. The quantitative estimate of drug-likeness (QED) is 0.484. The number of aromatic nitrogens is 6. The van der Waals surface area contributed by atoms with Crippen molar-refractivity contribution in [2.45, 2.75) is 33.0 Å². The number of nitrogens with zero attached hydrogens (tertiary/aromatic N) is 5. The number of nitrogen functional groups attached to an aromatic ring is 1. The molecule has 0 aliphatic rings. The third kappa shape index (κ3) is 4.03. The van der Waals surface area contributed by atoms with Gasteiger partial charge in [-0.05, 0) is 43.7 Å². The van der Waals surface area contributed by atoms with Crippen LogP contribution in [-0.4, -0.2) is 30.3 Å². The maximum Gasteiger partial charge on any atom is 0.411 e. The first kappa shape index (κ1) is 21.4. The summed E-state index contributed by atoms with van der Waals surface area (Å²) in [6.45, 7) is 2.89. The van der Waals surface area contributed by atoms with E-state index in [1.165, 1.54) is 12.1 Å². The monoisotopic (exact) mass is 448 g/mol. The van der Waals surface area contributed by atoms with Crippen LogP contribution >= 0.6 is 0 Å². The molecule has 0 aliphatic carbocycles. The molecule has 4 heterocycles. The lowest BCUT2D eigenvalue weighted by Gasteiger charge is -2.10. The van der Waals surface area contributed by atoms with Gasteiger partial charge in [0.1, 0.15) is 17.2 Å². The molecule has 4 aromatic rings. The second kappa shape index (κ2) is 7.70. The second-order valence-electron chi connectivity index (χ2n) is 7.29. The Labute approximate surface area is 178 Å². The third-order valence-electron chi connectivity index (χ3n) is 4.77.